The fraction of sp³-hybridized carbons (Fsp3) is 0.389. The third-order valence-corrected chi connectivity index (χ3v) is 4.85. The second kappa shape index (κ2) is 5.05. The molecule has 0 spiro atoms. The number of aromatic nitrogens is 4. The minimum absolute atomic E-state index is 0.185. The van der Waals surface area contributed by atoms with Crippen LogP contribution in [0.1, 0.15) is 49.6 Å². The van der Waals surface area contributed by atoms with E-state index in [0.717, 1.165) is 11.5 Å². The predicted octanol–water partition coefficient (Wildman–Crippen LogP) is 3.66. The number of anilines is 1. The molecule has 1 atom stereocenters. The molecule has 1 aliphatic carbocycles. The lowest BCUT2D eigenvalue weighted by Gasteiger charge is -2.18. The van der Waals surface area contributed by atoms with Gasteiger partial charge in [-0.05, 0) is 43.2 Å². The molecule has 5 nitrogen and oxygen atoms in total. The topological polar surface area (TPSA) is 55.1 Å². The van der Waals surface area contributed by atoms with Crippen molar-refractivity contribution in [3.8, 4) is 0 Å². The van der Waals surface area contributed by atoms with Gasteiger partial charge < -0.3 is 5.32 Å². The van der Waals surface area contributed by atoms with E-state index in [0.29, 0.717) is 11.2 Å². The van der Waals surface area contributed by atoms with Crippen LogP contribution in [0.4, 0.5) is 5.82 Å². The summed E-state index contributed by atoms with van der Waals surface area (Å²) in [6.07, 6.45) is 4.14. The molecule has 118 valence electrons. The number of benzene rings is 1. The maximum absolute atomic E-state index is 4.37. The van der Waals surface area contributed by atoms with Gasteiger partial charge in [0.15, 0.2) is 0 Å². The van der Waals surface area contributed by atoms with Gasteiger partial charge >= 0.3 is 0 Å². The highest BCUT2D eigenvalue weighted by atomic mass is 15.4. The van der Waals surface area contributed by atoms with Gasteiger partial charge in [-0.25, -0.2) is 4.98 Å². The zero-order valence-corrected chi connectivity index (χ0v) is 13.7. The van der Waals surface area contributed by atoms with Crippen LogP contribution in [0.5, 0.6) is 0 Å². The molecule has 1 N–H and O–H groups in total. The van der Waals surface area contributed by atoms with Gasteiger partial charge in [-0.1, -0.05) is 31.2 Å². The van der Waals surface area contributed by atoms with Crippen LogP contribution in [-0.4, -0.2) is 19.6 Å². The van der Waals surface area contributed by atoms with Crippen molar-refractivity contribution in [2.75, 3.05) is 5.32 Å². The van der Waals surface area contributed by atoms with Crippen LogP contribution in [0.2, 0.25) is 0 Å². The molecular formula is C18H21N5. The highest BCUT2D eigenvalue weighted by Gasteiger charge is 2.38. The molecule has 0 unspecified atom stereocenters. The Balaban J connectivity index is 1.59. The maximum Gasteiger partial charge on any atom is 0.254 e. The quantitative estimate of drug-likeness (QED) is 0.799. The molecule has 0 aliphatic heterocycles. The van der Waals surface area contributed by atoms with Crippen molar-refractivity contribution in [1.82, 2.24) is 19.6 Å². The minimum Gasteiger partial charge on any atom is -0.363 e. The van der Waals surface area contributed by atoms with Crippen molar-refractivity contribution in [2.24, 2.45) is 0 Å². The Morgan fingerprint density at radius 2 is 1.96 bits per heavy atom. The van der Waals surface area contributed by atoms with E-state index in [2.05, 4.69) is 58.5 Å². The van der Waals surface area contributed by atoms with Crippen molar-refractivity contribution in [3.05, 3.63) is 53.5 Å². The fourth-order valence-corrected chi connectivity index (χ4v) is 2.99. The summed E-state index contributed by atoms with van der Waals surface area (Å²) >= 11 is 0. The van der Waals surface area contributed by atoms with Crippen LogP contribution in [0.25, 0.3) is 5.78 Å². The highest BCUT2D eigenvalue weighted by Crippen LogP contribution is 2.47. The average molecular weight is 307 g/mol. The fourth-order valence-electron chi connectivity index (χ4n) is 2.99. The van der Waals surface area contributed by atoms with Gasteiger partial charge in [0.25, 0.3) is 5.78 Å². The average Bonchev–Trinajstić information content (AvgIpc) is 3.11. The molecule has 1 aliphatic rings. The summed E-state index contributed by atoms with van der Waals surface area (Å²) in [6, 6.07) is 11.2. The van der Waals surface area contributed by atoms with Crippen LogP contribution in [-0.2, 0) is 5.41 Å². The predicted molar refractivity (Wildman–Crippen MR) is 90.6 cm³/mol. The van der Waals surface area contributed by atoms with Gasteiger partial charge in [-0.2, -0.15) is 14.6 Å². The Morgan fingerprint density at radius 3 is 2.65 bits per heavy atom. The van der Waals surface area contributed by atoms with Gasteiger partial charge in [-0.3, -0.25) is 0 Å². The number of hydrogen-bond acceptors (Lipinski definition) is 4. The zero-order chi connectivity index (χ0) is 16.0. The third-order valence-electron chi connectivity index (χ3n) is 4.85. The van der Waals surface area contributed by atoms with Crippen LogP contribution in [0, 0.1) is 6.92 Å². The zero-order valence-electron chi connectivity index (χ0n) is 13.7. The highest BCUT2D eigenvalue weighted by molar-refractivity contribution is 5.46. The van der Waals surface area contributed by atoms with Crippen LogP contribution in [0.15, 0.2) is 36.7 Å². The first-order chi connectivity index (χ1) is 11.0. The Labute approximate surface area is 135 Å². The van der Waals surface area contributed by atoms with Gasteiger partial charge in [0.05, 0.1) is 0 Å². The Bertz CT molecular complexity index is 845. The summed E-state index contributed by atoms with van der Waals surface area (Å²) in [5.41, 5.74) is 4.06. The molecule has 2 aromatic heterocycles. The first-order valence-corrected chi connectivity index (χ1v) is 8.09. The van der Waals surface area contributed by atoms with E-state index in [4.69, 9.17) is 0 Å². The van der Waals surface area contributed by atoms with Crippen molar-refractivity contribution < 1.29 is 0 Å². The molecule has 5 heteroatoms. The SMILES string of the molecule is Cc1cc(N[C@H](C)c2ccc(C3(C)CC3)cc2)n2ncnc2n1. The van der Waals surface area contributed by atoms with E-state index in [1.165, 1.54) is 30.3 Å². The lowest BCUT2D eigenvalue weighted by Crippen LogP contribution is -2.11. The maximum atomic E-state index is 4.37. The second-order valence-corrected chi connectivity index (χ2v) is 6.80. The molecule has 2 heterocycles. The van der Waals surface area contributed by atoms with Crippen LogP contribution < -0.4 is 5.32 Å². The van der Waals surface area contributed by atoms with E-state index in [1.807, 2.05) is 13.0 Å². The molecule has 1 fully saturated rings. The molecule has 0 radical (unpaired) electrons. The normalized spacial score (nSPS) is 17.2. The molecule has 0 amide bonds. The van der Waals surface area contributed by atoms with E-state index >= 15 is 0 Å². The van der Waals surface area contributed by atoms with Crippen molar-refractivity contribution in [3.63, 3.8) is 0 Å². The van der Waals surface area contributed by atoms with E-state index < -0.39 is 0 Å². The lowest BCUT2D eigenvalue weighted by molar-refractivity contribution is 0.782. The molecule has 0 saturated heterocycles. The molecular weight excluding hydrogens is 286 g/mol. The second-order valence-electron chi connectivity index (χ2n) is 6.80. The van der Waals surface area contributed by atoms with E-state index in [1.54, 1.807) is 4.52 Å². The standard InChI is InChI=1S/C18H21N5/c1-12-10-16(23-17(21-12)19-11-20-23)22-13(2)14-4-6-15(7-5-14)18(3)8-9-18/h4-7,10-11,13,22H,8-9H2,1-3H3/t13-/m1/s1. The minimum atomic E-state index is 0.185. The monoisotopic (exact) mass is 307 g/mol. The van der Waals surface area contributed by atoms with E-state index in [-0.39, 0.29) is 6.04 Å². The molecule has 1 aromatic carbocycles. The third kappa shape index (κ3) is 2.56. The number of nitrogens with one attached hydrogen (secondary N) is 1. The Morgan fingerprint density at radius 1 is 1.22 bits per heavy atom. The molecule has 23 heavy (non-hydrogen) atoms. The molecule has 3 aromatic rings. The molecule has 1 saturated carbocycles. The lowest BCUT2D eigenvalue weighted by atomic mass is 9.96. The number of fused-ring (bicyclic) bond motifs is 1. The summed E-state index contributed by atoms with van der Waals surface area (Å²) in [4.78, 5) is 8.54. The summed E-state index contributed by atoms with van der Waals surface area (Å²) in [5, 5.41) is 7.76. The van der Waals surface area contributed by atoms with Gasteiger partial charge in [-0.15, -0.1) is 0 Å². The number of rotatable bonds is 4. The van der Waals surface area contributed by atoms with Crippen molar-refractivity contribution >= 4 is 11.6 Å². The summed E-state index contributed by atoms with van der Waals surface area (Å²) in [7, 11) is 0. The van der Waals surface area contributed by atoms with Gasteiger partial charge in [0.1, 0.15) is 12.1 Å². The number of aryl methyl sites for hydroxylation is 1. The Kier molecular flexibility index (Phi) is 3.11. The first kappa shape index (κ1) is 14.2. The van der Waals surface area contributed by atoms with Crippen LogP contribution >= 0.6 is 0 Å². The smallest absolute Gasteiger partial charge is 0.254 e. The van der Waals surface area contributed by atoms with Gasteiger partial charge in [0.2, 0.25) is 0 Å². The number of nitrogens with zero attached hydrogens (tertiary/aromatic N) is 4. The van der Waals surface area contributed by atoms with Crippen molar-refractivity contribution in [1.29, 1.82) is 0 Å². The summed E-state index contributed by atoms with van der Waals surface area (Å²) < 4.78 is 1.74. The van der Waals surface area contributed by atoms with Crippen LogP contribution in [0.3, 0.4) is 0 Å². The van der Waals surface area contributed by atoms with Gasteiger partial charge in [0, 0.05) is 17.8 Å². The first-order valence-electron chi connectivity index (χ1n) is 8.09. The summed E-state index contributed by atoms with van der Waals surface area (Å²) in [5.74, 6) is 1.53. The largest absolute Gasteiger partial charge is 0.363 e. The summed E-state index contributed by atoms with van der Waals surface area (Å²) in [6.45, 7) is 6.47. The van der Waals surface area contributed by atoms with E-state index in [9.17, 15) is 0 Å². The molecule has 0 bridgehead atoms. The van der Waals surface area contributed by atoms with Crippen molar-refractivity contribution in [2.45, 2.75) is 45.1 Å². The Hall–Kier alpha value is -2.43. The number of hydrogen-bond donors (Lipinski definition) is 1. The molecule has 4 rings (SSSR count).